The highest BCUT2D eigenvalue weighted by Crippen LogP contribution is 2.21. The van der Waals surface area contributed by atoms with E-state index in [1.165, 1.54) is 12.1 Å². The van der Waals surface area contributed by atoms with Crippen molar-refractivity contribution in [3.63, 3.8) is 0 Å². The standard InChI is InChI=1S/C15H20FN3O/c1-3-13-9-14(19(2)18-13)10-20-15-5-4-12(16)8-11(15)6-7-17/h4-5,8-9H,3,6-7,10,17H2,1-2H3. The third-order valence-electron chi connectivity index (χ3n) is 3.20. The predicted molar refractivity (Wildman–Crippen MR) is 76.1 cm³/mol. The third-order valence-corrected chi connectivity index (χ3v) is 3.20. The lowest BCUT2D eigenvalue weighted by Gasteiger charge is -2.11. The van der Waals surface area contributed by atoms with E-state index in [2.05, 4.69) is 12.0 Å². The van der Waals surface area contributed by atoms with Gasteiger partial charge in [0.05, 0.1) is 11.4 Å². The number of hydrogen-bond acceptors (Lipinski definition) is 3. The second kappa shape index (κ2) is 6.52. The van der Waals surface area contributed by atoms with Crippen LogP contribution in [0.25, 0.3) is 0 Å². The van der Waals surface area contributed by atoms with Gasteiger partial charge in [-0.2, -0.15) is 5.10 Å². The highest BCUT2D eigenvalue weighted by atomic mass is 19.1. The monoisotopic (exact) mass is 277 g/mol. The van der Waals surface area contributed by atoms with Gasteiger partial charge in [0.1, 0.15) is 18.2 Å². The second-order valence-electron chi connectivity index (χ2n) is 4.68. The Morgan fingerprint density at radius 1 is 1.35 bits per heavy atom. The van der Waals surface area contributed by atoms with E-state index in [4.69, 9.17) is 10.5 Å². The van der Waals surface area contributed by atoms with Crippen LogP contribution in [0.1, 0.15) is 23.9 Å². The van der Waals surface area contributed by atoms with Crippen molar-refractivity contribution in [1.82, 2.24) is 9.78 Å². The molecule has 0 unspecified atom stereocenters. The van der Waals surface area contributed by atoms with Gasteiger partial charge >= 0.3 is 0 Å². The number of aromatic nitrogens is 2. The molecule has 0 spiro atoms. The minimum Gasteiger partial charge on any atom is -0.487 e. The zero-order valence-corrected chi connectivity index (χ0v) is 11.9. The number of halogens is 1. The van der Waals surface area contributed by atoms with E-state index < -0.39 is 0 Å². The number of rotatable bonds is 6. The summed E-state index contributed by atoms with van der Waals surface area (Å²) in [4.78, 5) is 0. The van der Waals surface area contributed by atoms with Crippen LogP contribution in [0.15, 0.2) is 24.3 Å². The first-order valence-corrected chi connectivity index (χ1v) is 6.77. The average molecular weight is 277 g/mol. The van der Waals surface area contributed by atoms with E-state index in [-0.39, 0.29) is 5.82 Å². The van der Waals surface area contributed by atoms with Crippen LogP contribution in [0.4, 0.5) is 4.39 Å². The number of nitrogens with zero attached hydrogens (tertiary/aromatic N) is 2. The molecular formula is C15H20FN3O. The highest BCUT2D eigenvalue weighted by molar-refractivity contribution is 5.34. The third kappa shape index (κ3) is 3.36. The summed E-state index contributed by atoms with van der Waals surface area (Å²) in [5, 5.41) is 4.37. The molecule has 1 aromatic carbocycles. The van der Waals surface area contributed by atoms with Crippen molar-refractivity contribution >= 4 is 0 Å². The molecule has 2 N–H and O–H groups in total. The van der Waals surface area contributed by atoms with Crippen LogP contribution < -0.4 is 10.5 Å². The van der Waals surface area contributed by atoms with Gasteiger partial charge in [-0.15, -0.1) is 0 Å². The Labute approximate surface area is 118 Å². The number of nitrogens with two attached hydrogens (primary N) is 1. The first-order valence-electron chi connectivity index (χ1n) is 6.77. The Bertz CT molecular complexity index is 580. The molecule has 2 aromatic rings. The van der Waals surface area contributed by atoms with Crippen LogP contribution in [0.3, 0.4) is 0 Å². The molecule has 4 nitrogen and oxygen atoms in total. The van der Waals surface area contributed by atoms with Gasteiger partial charge in [-0.05, 0) is 49.2 Å². The molecule has 0 bridgehead atoms. The van der Waals surface area contributed by atoms with Crippen LogP contribution >= 0.6 is 0 Å². The second-order valence-corrected chi connectivity index (χ2v) is 4.68. The molecule has 0 fully saturated rings. The first kappa shape index (κ1) is 14.5. The largest absolute Gasteiger partial charge is 0.487 e. The summed E-state index contributed by atoms with van der Waals surface area (Å²) in [7, 11) is 1.89. The van der Waals surface area contributed by atoms with Gasteiger partial charge in [0.25, 0.3) is 0 Å². The minimum absolute atomic E-state index is 0.269. The van der Waals surface area contributed by atoms with Crippen LogP contribution in [0.2, 0.25) is 0 Å². The van der Waals surface area contributed by atoms with E-state index in [1.807, 2.05) is 17.8 Å². The summed E-state index contributed by atoms with van der Waals surface area (Å²) in [6, 6.07) is 6.54. The summed E-state index contributed by atoms with van der Waals surface area (Å²) in [5.41, 5.74) is 8.36. The molecule has 0 saturated carbocycles. The zero-order chi connectivity index (χ0) is 14.5. The molecule has 0 atom stereocenters. The Kier molecular flexibility index (Phi) is 4.74. The van der Waals surface area contributed by atoms with Crippen LogP contribution in [-0.2, 0) is 26.5 Å². The van der Waals surface area contributed by atoms with Crippen molar-refractivity contribution in [2.75, 3.05) is 6.54 Å². The molecular weight excluding hydrogens is 257 g/mol. The molecule has 0 aliphatic rings. The quantitative estimate of drug-likeness (QED) is 0.880. The predicted octanol–water partition coefficient (Wildman–Crippen LogP) is 2.20. The van der Waals surface area contributed by atoms with Crippen LogP contribution in [0.5, 0.6) is 5.75 Å². The Morgan fingerprint density at radius 3 is 2.80 bits per heavy atom. The maximum Gasteiger partial charge on any atom is 0.130 e. The summed E-state index contributed by atoms with van der Waals surface area (Å²) in [6.07, 6.45) is 1.49. The number of ether oxygens (including phenoxy) is 1. The fourth-order valence-electron chi connectivity index (χ4n) is 2.07. The average Bonchev–Trinajstić information content (AvgIpc) is 2.79. The summed E-state index contributed by atoms with van der Waals surface area (Å²) >= 11 is 0. The summed E-state index contributed by atoms with van der Waals surface area (Å²) in [5.74, 6) is 0.408. The van der Waals surface area contributed by atoms with Crippen molar-refractivity contribution in [3.8, 4) is 5.75 Å². The Balaban J connectivity index is 2.11. The van der Waals surface area contributed by atoms with E-state index in [0.717, 1.165) is 23.4 Å². The number of hydrogen-bond donors (Lipinski definition) is 1. The molecule has 20 heavy (non-hydrogen) atoms. The zero-order valence-electron chi connectivity index (χ0n) is 11.9. The lowest BCUT2D eigenvalue weighted by Crippen LogP contribution is -2.07. The summed E-state index contributed by atoms with van der Waals surface area (Å²) in [6.45, 7) is 2.94. The van der Waals surface area contributed by atoms with E-state index in [9.17, 15) is 4.39 Å². The lowest BCUT2D eigenvalue weighted by molar-refractivity contribution is 0.291. The van der Waals surface area contributed by atoms with Crippen molar-refractivity contribution in [1.29, 1.82) is 0 Å². The molecule has 0 aliphatic heterocycles. The van der Waals surface area contributed by atoms with Gasteiger partial charge in [-0.25, -0.2) is 4.39 Å². The SMILES string of the molecule is CCc1cc(COc2ccc(F)cc2CCN)n(C)n1. The lowest BCUT2D eigenvalue weighted by atomic mass is 10.1. The molecule has 0 amide bonds. The first-order chi connectivity index (χ1) is 9.63. The van der Waals surface area contributed by atoms with E-state index in [0.29, 0.717) is 25.3 Å². The molecule has 1 heterocycles. The molecule has 1 aromatic heterocycles. The molecule has 2 rings (SSSR count). The van der Waals surface area contributed by atoms with Crippen LogP contribution in [0, 0.1) is 5.82 Å². The molecule has 0 aliphatic carbocycles. The maximum absolute atomic E-state index is 13.2. The smallest absolute Gasteiger partial charge is 0.130 e. The number of benzene rings is 1. The Morgan fingerprint density at radius 2 is 2.15 bits per heavy atom. The fraction of sp³-hybridized carbons (Fsp3) is 0.400. The highest BCUT2D eigenvalue weighted by Gasteiger charge is 2.08. The van der Waals surface area contributed by atoms with Gasteiger partial charge in [-0.1, -0.05) is 6.92 Å². The van der Waals surface area contributed by atoms with Crippen LogP contribution in [-0.4, -0.2) is 16.3 Å². The molecule has 5 heteroatoms. The van der Waals surface area contributed by atoms with Crippen molar-refractivity contribution in [2.45, 2.75) is 26.4 Å². The van der Waals surface area contributed by atoms with Crippen molar-refractivity contribution < 1.29 is 9.13 Å². The number of aryl methyl sites for hydroxylation is 2. The normalized spacial score (nSPS) is 10.8. The minimum atomic E-state index is -0.269. The Hall–Kier alpha value is -1.88. The van der Waals surface area contributed by atoms with E-state index >= 15 is 0 Å². The maximum atomic E-state index is 13.2. The van der Waals surface area contributed by atoms with Gasteiger partial charge in [0, 0.05) is 7.05 Å². The van der Waals surface area contributed by atoms with Crippen molar-refractivity contribution in [3.05, 3.63) is 47.0 Å². The molecule has 0 radical (unpaired) electrons. The topological polar surface area (TPSA) is 53.1 Å². The van der Waals surface area contributed by atoms with Gasteiger partial charge in [0.15, 0.2) is 0 Å². The fourth-order valence-corrected chi connectivity index (χ4v) is 2.07. The molecule has 108 valence electrons. The van der Waals surface area contributed by atoms with Crippen molar-refractivity contribution in [2.24, 2.45) is 12.8 Å². The van der Waals surface area contributed by atoms with Gasteiger partial charge in [0.2, 0.25) is 0 Å². The molecule has 0 saturated heterocycles. The summed E-state index contributed by atoms with van der Waals surface area (Å²) < 4.78 is 20.8. The van der Waals surface area contributed by atoms with Gasteiger partial charge in [-0.3, -0.25) is 4.68 Å². The van der Waals surface area contributed by atoms with Gasteiger partial charge < -0.3 is 10.5 Å². The van der Waals surface area contributed by atoms with E-state index in [1.54, 1.807) is 6.07 Å².